The number of hydrogen-bond acceptors (Lipinski definition) is 6. The first-order valence-electron chi connectivity index (χ1n) is 10.9. The average molecular weight is 456 g/mol. The highest BCUT2D eigenvalue weighted by Crippen LogP contribution is 2.36. The van der Waals surface area contributed by atoms with Crippen LogP contribution in [-0.4, -0.2) is 53.8 Å². The van der Waals surface area contributed by atoms with Crippen molar-refractivity contribution in [2.75, 3.05) is 31.1 Å². The fraction of sp³-hybridized carbons (Fsp3) is 0.409. The summed E-state index contributed by atoms with van der Waals surface area (Å²) in [7, 11) is -3.70. The van der Waals surface area contributed by atoms with Gasteiger partial charge in [-0.05, 0) is 49.9 Å². The molecule has 0 amide bonds. The Morgan fingerprint density at radius 1 is 1.03 bits per heavy atom. The molecule has 0 bridgehead atoms. The monoisotopic (exact) mass is 455 g/mol. The van der Waals surface area contributed by atoms with Crippen LogP contribution in [0.3, 0.4) is 0 Å². The number of piperidine rings is 1. The maximum Gasteiger partial charge on any atom is 0.293 e. The van der Waals surface area contributed by atoms with Gasteiger partial charge in [-0.15, -0.1) is 0 Å². The Balaban J connectivity index is 1.36. The van der Waals surface area contributed by atoms with Gasteiger partial charge in [-0.3, -0.25) is 10.1 Å². The molecule has 2 aliphatic rings. The smallest absolute Gasteiger partial charge is 0.293 e. The van der Waals surface area contributed by atoms with E-state index in [4.69, 9.17) is 4.98 Å². The van der Waals surface area contributed by atoms with Gasteiger partial charge in [0, 0.05) is 38.2 Å². The molecule has 0 spiro atoms. The van der Waals surface area contributed by atoms with Gasteiger partial charge in [0.15, 0.2) is 0 Å². The number of aromatic nitrogens is 2. The molecule has 0 radical (unpaired) electrons. The average Bonchev–Trinajstić information content (AvgIpc) is 3.49. The predicted molar refractivity (Wildman–Crippen MR) is 121 cm³/mol. The highest BCUT2D eigenvalue weighted by atomic mass is 32.2. The minimum Gasteiger partial charge on any atom is -0.366 e. The van der Waals surface area contributed by atoms with Gasteiger partial charge in [0.2, 0.25) is 10.0 Å². The topological polar surface area (TPSA) is 112 Å². The minimum atomic E-state index is -3.70. The van der Waals surface area contributed by atoms with Gasteiger partial charge in [0.25, 0.3) is 5.69 Å². The van der Waals surface area contributed by atoms with E-state index in [2.05, 4.69) is 4.98 Å². The van der Waals surface area contributed by atoms with E-state index in [9.17, 15) is 18.5 Å². The van der Waals surface area contributed by atoms with Gasteiger partial charge in [0.05, 0.1) is 20.9 Å². The molecule has 32 heavy (non-hydrogen) atoms. The quantitative estimate of drug-likeness (QED) is 0.464. The number of imidazole rings is 1. The molecular weight excluding hydrogens is 430 g/mol. The molecule has 0 unspecified atom stereocenters. The zero-order valence-corrected chi connectivity index (χ0v) is 18.4. The van der Waals surface area contributed by atoms with Gasteiger partial charge in [0.1, 0.15) is 11.5 Å². The minimum absolute atomic E-state index is 0.00740. The molecule has 10 heteroatoms. The van der Waals surface area contributed by atoms with Gasteiger partial charge < -0.3 is 9.88 Å². The zero-order chi connectivity index (χ0) is 22.3. The fourth-order valence-electron chi connectivity index (χ4n) is 4.71. The highest BCUT2D eigenvalue weighted by Gasteiger charge is 2.32. The summed E-state index contributed by atoms with van der Waals surface area (Å²) < 4.78 is 27.1. The summed E-state index contributed by atoms with van der Waals surface area (Å²) in [5, 5.41) is 11.8. The third-order valence-electron chi connectivity index (χ3n) is 6.48. The van der Waals surface area contributed by atoms with Crippen molar-refractivity contribution in [3.8, 4) is 0 Å². The Kier molecular flexibility index (Phi) is 5.34. The number of nitrogens with one attached hydrogen (secondary N) is 1. The lowest BCUT2D eigenvalue weighted by Gasteiger charge is -2.32. The predicted octanol–water partition coefficient (Wildman–Crippen LogP) is 3.64. The van der Waals surface area contributed by atoms with E-state index in [1.165, 1.54) is 16.4 Å². The van der Waals surface area contributed by atoms with Gasteiger partial charge in [-0.25, -0.2) is 13.4 Å². The maximum absolute atomic E-state index is 12.8. The summed E-state index contributed by atoms with van der Waals surface area (Å²) in [4.78, 5) is 21.4. The standard InChI is InChI=1S/C22H25N5O4S/c28-27(29)21-15-17(32(30,31)26-11-3-4-12-26)7-8-20(21)25-13-9-16(10-14-25)22-23-18-5-1-2-6-19(18)24-22/h1-2,5-8,15-16H,3-4,9-14H2,(H,23,24). The van der Waals surface area contributed by atoms with Crippen LogP contribution in [0.1, 0.15) is 37.4 Å². The molecule has 1 aromatic heterocycles. The summed E-state index contributed by atoms with van der Waals surface area (Å²) in [5.41, 5.74) is 2.26. The van der Waals surface area contributed by atoms with Crippen LogP contribution in [0.5, 0.6) is 0 Å². The molecule has 0 saturated carbocycles. The number of benzene rings is 2. The third-order valence-corrected chi connectivity index (χ3v) is 8.37. The largest absolute Gasteiger partial charge is 0.366 e. The number of para-hydroxylation sites is 2. The van der Waals surface area contributed by atoms with Crippen molar-refractivity contribution in [2.45, 2.75) is 36.5 Å². The number of H-pyrrole nitrogens is 1. The van der Waals surface area contributed by atoms with E-state index < -0.39 is 14.9 Å². The fourth-order valence-corrected chi connectivity index (χ4v) is 6.25. The molecule has 2 fully saturated rings. The van der Waals surface area contributed by atoms with Crippen molar-refractivity contribution < 1.29 is 13.3 Å². The number of rotatable bonds is 5. The van der Waals surface area contributed by atoms with E-state index >= 15 is 0 Å². The molecular formula is C22H25N5O4S. The van der Waals surface area contributed by atoms with E-state index in [1.807, 2.05) is 29.2 Å². The van der Waals surface area contributed by atoms with Gasteiger partial charge >= 0.3 is 0 Å². The Morgan fingerprint density at radius 3 is 2.44 bits per heavy atom. The number of aromatic amines is 1. The van der Waals surface area contributed by atoms with E-state index in [-0.39, 0.29) is 16.5 Å². The lowest BCUT2D eigenvalue weighted by atomic mass is 9.95. The van der Waals surface area contributed by atoms with Crippen LogP contribution in [-0.2, 0) is 10.0 Å². The SMILES string of the molecule is O=[N+]([O-])c1cc(S(=O)(=O)N2CCCC2)ccc1N1CCC(c2nc3ccccc3[nH]2)CC1. The number of anilines is 1. The van der Waals surface area contributed by atoms with E-state index in [0.717, 1.165) is 42.5 Å². The van der Waals surface area contributed by atoms with Crippen molar-refractivity contribution in [3.63, 3.8) is 0 Å². The van der Waals surface area contributed by atoms with Crippen LogP contribution in [0, 0.1) is 10.1 Å². The normalized spacial score (nSPS) is 18.4. The number of nitro groups is 1. The zero-order valence-electron chi connectivity index (χ0n) is 17.6. The van der Waals surface area contributed by atoms with Crippen LogP contribution in [0.25, 0.3) is 11.0 Å². The molecule has 2 aromatic carbocycles. The van der Waals surface area contributed by atoms with Crippen molar-refractivity contribution in [3.05, 3.63) is 58.4 Å². The summed E-state index contributed by atoms with van der Waals surface area (Å²) in [5.74, 6) is 1.21. The number of hydrogen-bond donors (Lipinski definition) is 1. The van der Waals surface area contributed by atoms with Gasteiger partial charge in [-0.2, -0.15) is 4.31 Å². The Bertz CT molecular complexity index is 1230. The number of nitro benzene ring substituents is 1. The molecule has 2 saturated heterocycles. The van der Waals surface area contributed by atoms with Crippen LogP contribution in [0.2, 0.25) is 0 Å². The Hall–Kier alpha value is -2.98. The molecule has 1 N–H and O–H groups in total. The Labute approximate surface area is 186 Å². The highest BCUT2D eigenvalue weighted by molar-refractivity contribution is 7.89. The van der Waals surface area contributed by atoms with Crippen molar-refractivity contribution in [1.82, 2.24) is 14.3 Å². The summed E-state index contributed by atoms with van der Waals surface area (Å²) in [6.07, 6.45) is 3.26. The van der Waals surface area contributed by atoms with Crippen molar-refractivity contribution >= 4 is 32.4 Å². The van der Waals surface area contributed by atoms with Crippen molar-refractivity contribution in [2.24, 2.45) is 0 Å². The van der Waals surface area contributed by atoms with Gasteiger partial charge in [-0.1, -0.05) is 12.1 Å². The molecule has 168 valence electrons. The molecule has 2 aliphatic heterocycles. The number of fused-ring (bicyclic) bond motifs is 1. The number of nitrogens with zero attached hydrogens (tertiary/aromatic N) is 4. The molecule has 9 nitrogen and oxygen atoms in total. The third kappa shape index (κ3) is 3.73. The first-order valence-corrected chi connectivity index (χ1v) is 12.4. The molecule has 3 aromatic rings. The molecule has 3 heterocycles. The first-order chi connectivity index (χ1) is 15.4. The lowest BCUT2D eigenvalue weighted by molar-refractivity contribution is -0.384. The second-order valence-electron chi connectivity index (χ2n) is 8.42. The van der Waals surface area contributed by atoms with Crippen molar-refractivity contribution in [1.29, 1.82) is 0 Å². The lowest BCUT2D eigenvalue weighted by Crippen LogP contribution is -2.33. The van der Waals surface area contributed by atoms with Crippen LogP contribution >= 0.6 is 0 Å². The van der Waals surface area contributed by atoms with Crippen LogP contribution < -0.4 is 4.90 Å². The van der Waals surface area contributed by atoms with E-state index in [0.29, 0.717) is 31.9 Å². The second-order valence-corrected chi connectivity index (χ2v) is 10.4. The van der Waals surface area contributed by atoms with E-state index in [1.54, 1.807) is 6.07 Å². The first kappa shape index (κ1) is 20.9. The summed E-state index contributed by atoms with van der Waals surface area (Å²) in [6.45, 7) is 2.21. The maximum atomic E-state index is 12.8. The molecule has 0 aliphatic carbocycles. The van der Waals surface area contributed by atoms with Crippen LogP contribution in [0.4, 0.5) is 11.4 Å². The second kappa shape index (κ2) is 8.18. The Morgan fingerprint density at radius 2 is 1.75 bits per heavy atom. The summed E-state index contributed by atoms with van der Waals surface area (Å²) >= 11 is 0. The molecule has 0 atom stereocenters. The van der Waals surface area contributed by atoms with Crippen LogP contribution in [0.15, 0.2) is 47.4 Å². The molecule has 5 rings (SSSR count). The number of sulfonamides is 1. The summed E-state index contributed by atoms with van der Waals surface area (Å²) in [6, 6.07) is 12.2.